The van der Waals surface area contributed by atoms with Gasteiger partial charge in [0.15, 0.2) is 0 Å². The number of rotatable bonds is 6. The molecule has 3 N–H and O–H groups in total. The number of halogens is 1. The number of aliphatic hydroxyl groups excluding tert-OH is 1. The zero-order valence-corrected chi connectivity index (χ0v) is 13.9. The molecule has 1 heterocycles. The van der Waals surface area contributed by atoms with E-state index in [0.29, 0.717) is 17.3 Å². The topological polar surface area (TPSA) is 74.5 Å². The quantitative estimate of drug-likeness (QED) is 0.758. The van der Waals surface area contributed by atoms with Crippen molar-refractivity contribution in [3.63, 3.8) is 0 Å². The van der Waals surface area contributed by atoms with Gasteiger partial charge >= 0.3 is 6.03 Å². The van der Waals surface area contributed by atoms with Crippen LogP contribution in [0, 0.1) is 0 Å². The van der Waals surface area contributed by atoms with Crippen LogP contribution in [-0.2, 0) is 5.41 Å². The van der Waals surface area contributed by atoms with Crippen molar-refractivity contribution in [1.82, 2.24) is 10.6 Å². The lowest BCUT2D eigenvalue weighted by molar-refractivity contribution is 0.147. The van der Waals surface area contributed by atoms with Gasteiger partial charge in [-0.1, -0.05) is 43.6 Å². The minimum absolute atomic E-state index is 0.0753. The summed E-state index contributed by atoms with van der Waals surface area (Å²) in [5.41, 5.74) is 0.660. The lowest BCUT2D eigenvalue weighted by Crippen LogP contribution is -2.43. The van der Waals surface area contributed by atoms with Crippen LogP contribution in [-0.4, -0.2) is 24.2 Å². The molecule has 2 aromatic rings. The standard InChI is InChI=1S/C17H21ClN2O3/c1-17(2,12-6-3-4-7-13(12)18)11-20-16(22)19-10-14(21)15-8-5-9-23-15/h3-9,14,21H,10-11H2,1-2H3,(H2,19,20,22). The van der Waals surface area contributed by atoms with Gasteiger partial charge in [-0.2, -0.15) is 0 Å². The van der Waals surface area contributed by atoms with E-state index < -0.39 is 6.10 Å². The summed E-state index contributed by atoms with van der Waals surface area (Å²) >= 11 is 6.21. The van der Waals surface area contributed by atoms with E-state index in [1.165, 1.54) is 6.26 Å². The molecule has 0 fully saturated rings. The van der Waals surface area contributed by atoms with E-state index in [2.05, 4.69) is 10.6 Å². The van der Waals surface area contributed by atoms with Crippen molar-refractivity contribution in [3.8, 4) is 0 Å². The van der Waals surface area contributed by atoms with Crippen LogP contribution < -0.4 is 10.6 Å². The summed E-state index contributed by atoms with van der Waals surface area (Å²) in [5.74, 6) is 0.418. The molecule has 124 valence electrons. The zero-order valence-electron chi connectivity index (χ0n) is 13.2. The fraction of sp³-hybridized carbons (Fsp3) is 0.353. The third-order valence-electron chi connectivity index (χ3n) is 3.62. The molecule has 6 heteroatoms. The lowest BCUT2D eigenvalue weighted by atomic mass is 9.84. The van der Waals surface area contributed by atoms with Crippen molar-refractivity contribution >= 4 is 17.6 Å². The number of benzene rings is 1. The van der Waals surface area contributed by atoms with Crippen LogP contribution in [0.5, 0.6) is 0 Å². The van der Waals surface area contributed by atoms with Gasteiger partial charge in [-0.25, -0.2) is 4.79 Å². The Hall–Kier alpha value is -1.98. The van der Waals surface area contributed by atoms with E-state index in [4.69, 9.17) is 16.0 Å². The first-order valence-corrected chi connectivity index (χ1v) is 7.76. The lowest BCUT2D eigenvalue weighted by Gasteiger charge is -2.26. The second-order valence-electron chi connectivity index (χ2n) is 5.96. The van der Waals surface area contributed by atoms with Gasteiger partial charge in [0.25, 0.3) is 0 Å². The van der Waals surface area contributed by atoms with Gasteiger partial charge in [0, 0.05) is 17.0 Å². The largest absolute Gasteiger partial charge is 0.467 e. The Morgan fingerprint density at radius 3 is 2.65 bits per heavy atom. The highest BCUT2D eigenvalue weighted by molar-refractivity contribution is 6.31. The molecule has 0 saturated heterocycles. The number of furan rings is 1. The van der Waals surface area contributed by atoms with Gasteiger partial charge in [0.05, 0.1) is 12.8 Å². The summed E-state index contributed by atoms with van der Waals surface area (Å²) in [5, 5.41) is 15.9. The molecule has 1 aromatic carbocycles. The predicted molar refractivity (Wildman–Crippen MR) is 89.5 cm³/mol. The Balaban J connectivity index is 1.83. The van der Waals surface area contributed by atoms with E-state index in [-0.39, 0.29) is 18.0 Å². The number of nitrogens with one attached hydrogen (secondary N) is 2. The highest BCUT2D eigenvalue weighted by atomic mass is 35.5. The fourth-order valence-corrected chi connectivity index (χ4v) is 2.63. The summed E-state index contributed by atoms with van der Waals surface area (Å²) in [7, 11) is 0. The maximum absolute atomic E-state index is 11.9. The molecular formula is C17H21ClN2O3. The third kappa shape index (κ3) is 4.74. The number of amides is 2. The Labute approximate surface area is 140 Å². The molecule has 1 unspecified atom stereocenters. The van der Waals surface area contributed by atoms with Crippen molar-refractivity contribution in [1.29, 1.82) is 0 Å². The van der Waals surface area contributed by atoms with Crippen molar-refractivity contribution in [2.75, 3.05) is 13.1 Å². The number of carbonyl (C=O) groups excluding carboxylic acids is 1. The van der Waals surface area contributed by atoms with Gasteiger partial charge in [-0.05, 0) is 23.8 Å². The molecule has 1 atom stereocenters. The van der Waals surface area contributed by atoms with Crippen molar-refractivity contribution in [3.05, 3.63) is 59.0 Å². The highest BCUT2D eigenvalue weighted by Gasteiger charge is 2.23. The van der Waals surface area contributed by atoms with Gasteiger partial charge in [0.1, 0.15) is 11.9 Å². The minimum atomic E-state index is -0.868. The number of hydrogen-bond acceptors (Lipinski definition) is 3. The number of carbonyl (C=O) groups is 1. The van der Waals surface area contributed by atoms with Crippen LogP contribution in [0.15, 0.2) is 47.1 Å². The van der Waals surface area contributed by atoms with Crippen LogP contribution in [0.4, 0.5) is 4.79 Å². The van der Waals surface area contributed by atoms with E-state index >= 15 is 0 Å². The molecule has 5 nitrogen and oxygen atoms in total. The number of aliphatic hydroxyl groups is 1. The average molecular weight is 337 g/mol. The molecule has 2 rings (SSSR count). The Morgan fingerprint density at radius 1 is 1.26 bits per heavy atom. The number of urea groups is 1. The second kappa shape index (κ2) is 7.53. The second-order valence-corrected chi connectivity index (χ2v) is 6.37. The first kappa shape index (κ1) is 17.4. The van der Waals surface area contributed by atoms with Crippen molar-refractivity contribution in [2.45, 2.75) is 25.4 Å². The van der Waals surface area contributed by atoms with Gasteiger partial charge < -0.3 is 20.2 Å². The van der Waals surface area contributed by atoms with Crippen LogP contribution in [0.1, 0.15) is 31.3 Å². The fourth-order valence-electron chi connectivity index (χ4n) is 2.24. The first-order chi connectivity index (χ1) is 10.9. The van der Waals surface area contributed by atoms with E-state index in [1.807, 2.05) is 38.1 Å². The molecule has 0 aliphatic rings. The maximum atomic E-state index is 11.9. The Bertz CT molecular complexity index is 641. The summed E-state index contributed by atoms with van der Waals surface area (Å²) in [4.78, 5) is 11.9. The van der Waals surface area contributed by atoms with Crippen molar-refractivity contribution in [2.24, 2.45) is 0 Å². The Kier molecular flexibility index (Phi) is 5.69. The molecule has 0 radical (unpaired) electrons. The van der Waals surface area contributed by atoms with E-state index in [0.717, 1.165) is 5.56 Å². The summed E-state index contributed by atoms with van der Waals surface area (Å²) in [6, 6.07) is 10.6. The van der Waals surface area contributed by atoms with Crippen LogP contribution in [0.2, 0.25) is 5.02 Å². The summed E-state index contributed by atoms with van der Waals surface area (Å²) in [6.07, 6.45) is 0.609. The van der Waals surface area contributed by atoms with E-state index in [1.54, 1.807) is 12.1 Å². The molecule has 1 aromatic heterocycles. The molecule has 0 bridgehead atoms. The third-order valence-corrected chi connectivity index (χ3v) is 3.95. The van der Waals surface area contributed by atoms with Gasteiger partial charge in [-0.15, -0.1) is 0 Å². The molecule has 23 heavy (non-hydrogen) atoms. The number of hydrogen-bond donors (Lipinski definition) is 3. The molecular weight excluding hydrogens is 316 g/mol. The van der Waals surface area contributed by atoms with E-state index in [9.17, 15) is 9.90 Å². The first-order valence-electron chi connectivity index (χ1n) is 7.38. The molecule has 0 aliphatic carbocycles. The van der Waals surface area contributed by atoms with Crippen LogP contribution in [0.3, 0.4) is 0 Å². The van der Waals surface area contributed by atoms with Crippen LogP contribution in [0.25, 0.3) is 0 Å². The molecule has 0 spiro atoms. The van der Waals surface area contributed by atoms with Gasteiger partial charge in [-0.3, -0.25) is 0 Å². The predicted octanol–water partition coefficient (Wildman–Crippen LogP) is 3.24. The minimum Gasteiger partial charge on any atom is -0.467 e. The zero-order chi connectivity index (χ0) is 16.9. The molecule has 0 aliphatic heterocycles. The summed E-state index contributed by atoms with van der Waals surface area (Å²) in [6.45, 7) is 4.50. The summed E-state index contributed by atoms with van der Waals surface area (Å²) < 4.78 is 5.08. The van der Waals surface area contributed by atoms with Crippen LogP contribution >= 0.6 is 11.6 Å². The smallest absolute Gasteiger partial charge is 0.314 e. The van der Waals surface area contributed by atoms with Gasteiger partial charge in [0.2, 0.25) is 0 Å². The normalized spacial score (nSPS) is 12.7. The molecule has 2 amide bonds. The molecule has 0 saturated carbocycles. The monoisotopic (exact) mass is 336 g/mol. The Morgan fingerprint density at radius 2 is 2.00 bits per heavy atom. The van der Waals surface area contributed by atoms with Crippen molar-refractivity contribution < 1.29 is 14.3 Å². The highest BCUT2D eigenvalue weighted by Crippen LogP contribution is 2.28. The SMILES string of the molecule is CC(C)(CNC(=O)NCC(O)c1ccco1)c1ccccc1Cl. The maximum Gasteiger partial charge on any atom is 0.314 e. The average Bonchev–Trinajstić information content (AvgIpc) is 3.05.